The molecule has 7 atom stereocenters. The lowest BCUT2D eigenvalue weighted by molar-refractivity contribution is -0.0926. The summed E-state index contributed by atoms with van der Waals surface area (Å²) in [5, 5.41) is 21.2. The van der Waals surface area contributed by atoms with Crippen LogP contribution in [-0.2, 0) is 0 Å². The van der Waals surface area contributed by atoms with Crippen LogP contribution in [0.5, 0.6) is 0 Å². The maximum absolute atomic E-state index is 10.9. The molecule has 0 radical (unpaired) electrons. The molecule has 4 bridgehead atoms. The van der Waals surface area contributed by atoms with Gasteiger partial charge in [0.1, 0.15) is 0 Å². The Kier molecular flexibility index (Phi) is 1.65. The minimum Gasteiger partial charge on any atom is -0.392 e. The highest BCUT2D eigenvalue weighted by molar-refractivity contribution is 5.25. The maximum atomic E-state index is 10.9. The number of aliphatic hydroxyl groups is 2. The summed E-state index contributed by atoms with van der Waals surface area (Å²) >= 11 is 0. The van der Waals surface area contributed by atoms with E-state index in [0.29, 0.717) is 23.7 Å². The molecular weight excluding hydrogens is 200 g/mol. The largest absolute Gasteiger partial charge is 0.392 e. The van der Waals surface area contributed by atoms with Crippen LogP contribution in [0.3, 0.4) is 0 Å². The van der Waals surface area contributed by atoms with Gasteiger partial charge in [0.25, 0.3) is 0 Å². The van der Waals surface area contributed by atoms with E-state index in [1.165, 1.54) is 0 Å². The van der Waals surface area contributed by atoms with Crippen molar-refractivity contribution in [3.05, 3.63) is 24.3 Å². The molecule has 2 N–H and O–H groups in total. The lowest BCUT2D eigenvalue weighted by atomic mass is 9.70. The molecule has 4 aliphatic rings. The third-order valence-electron chi connectivity index (χ3n) is 5.40. The fraction of sp³-hybridized carbons (Fsp3) is 0.714. The minimum atomic E-state index is -0.622. The molecule has 0 aromatic carbocycles. The van der Waals surface area contributed by atoms with Gasteiger partial charge in [-0.15, -0.1) is 0 Å². The number of rotatable bonds is 1. The van der Waals surface area contributed by atoms with Gasteiger partial charge in [-0.25, -0.2) is 0 Å². The molecule has 0 saturated heterocycles. The van der Waals surface area contributed by atoms with Crippen LogP contribution in [0.2, 0.25) is 0 Å². The first-order valence-corrected chi connectivity index (χ1v) is 6.45. The van der Waals surface area contributed by atoms with E-state index in [-0.39, 0.29) is 12.0 Å². The van der Waals surface area contributed by atoms with Crippen LogP contribution in [0.15, 0.2) is 24.3 Å². The normalized spacial score (nSPS) is 61.4. The SMILES string of the molecule is O[C@H]1[C@@H]([C@@]2(O)C[C@H]3C=C[C@H]2C3)[C@H]2C=C[C@H]1C2. The molecule has 2 nitrogen and oxygen atoms in total. The molecule has 2 saturated carbocycles. The first-order valence-electron chi connectivity index (χ1n) is 6.45. The summed E-state index contributed by atoms with van der Waals surface area (Å²) in [5.74, 6) is 1.66. The average molecular weight is 218 g/mol. The van der Waals surface area contributed by atoms with Gasteiger partial charge in [-0.05, 0) is 31.1 Å². The first kappa shape index (κ1) is 9.43. The third-order valence-corrected chi connectivity index (χ3v) is 5.40. The van der Waals surface area contributed by atoms with Gasteiger partial charge in [-0.3, -0.25) is 0 Å². The van der Waals surface area contributed by atoms with Crippen molar-refractivity contribution in [2.75, 3.05) is 0 Å². The quantitative estimate of drug-likeness (QED) is 0.655. The van der Waals surface area contributed by atoms with Crippen molar-refractivity contribution in [1.29, 1.82) is 0 Å². The van der Waals surface area contributed by atoms with Gasteiger partial charge in [0, 0.05) is 17.8 Å². The van der Waals surface area contributed by atoms with E-state index in [4.69, 9.17) is 0 Å². The average Bonchev–Trinajstić information content (AvgIpc) is 2.92. The summed E-state index contributed by atoms with van der Waals surface area (Å²) in [7, 11) is 0. The molecule has 0 heterocycles. The Bertz CT molecular complexity index is 386. The smallest absolute Gasteiger partial charge is 0.0774 e. The lowest BCUT2D eigenvalue weighted by Crippen LogP contribution is -2.49. The molecule has 2 heteroatoms. The van der Waals surface area contributed by atoms with Crippen LogP contribution in [0.1, 0.15) is 19.3 Å². The van der Waals surface area contributed by atoms with Crippen molar-refractivity contribution in [3.63, 3.8) is 0 Å². The summed E-state index contributed by atoms with van der Waals surface area (Å²) in [5.41, 5.74) is -0.622. The van der Waals surface area contributed by atoms with Crippen LogP contribution in [-0.4, -0.2) is 21.9 Å². The summed E-state index contributed by atoms with van der Waals surface area (Å²) in [6.07, 6.45) is 11.5. The number of fused-ring (bicyclic) bond motifs is 4. The first-order chi connectivity index (χ1) is 7.68. The molecule has 0 aromatic rings. The van der Waals surface area contributed by atoms with E-state index in [2.05, 4.69) is 24.3 Å². The Labute approximate surface area is 95.7 Å². The van der Waals surface area contributed by atoms with Crippen molar-refractivity contribution < 1.29 is 10.2 Å². The van der Waals surface area contributed by atoms with Crippen LogP contribution in [0.25, 0.3) is 0 Å². The zero-order valence-electron chi connectivity index (χ0n) is 9.29. The summed E-state index contributed by atoms with van der Waals surface area (Å²) in [6, 6.07) is 0. The number of aliphatic hydroxyl groups excluding tert-OH is 1. The lowest BCUT2D eigenvalue weighted by Gasteiger charge is -2.41. The van der Waals surface area contributed by atoms with Gasteiger partial charge < -0.3 is 10.2 Å². The van der Waals surface area contributed by atoms with Crippen LogP contribution in [0, 0.1) is 29.6 Å². The highest BCUT2D eigenvalue weighted by Gasteiger charge is 2.59. The fourth-order valence-electron chi connectivity index (χ4n) is 4.71. The van der Waals surface area contributed by atoms with E-state index in [1.54, 1.807) is 0 Å². The van der Waals surface area contributed by atoms with Crippen LogP contribution >= 0.6 is 0 Å². The molecule has 0 spiro atoms. The highest BCUT2D eigenvalue weighted by Crippen LogP contribution is 2.58. The summed E-state index contributed by atoms with van der Waals surface area (Å²) in [4.78, 5) is 0. The molecule has 4 aliphatic carbocycles. The van der Waals surface area contributed by atoms with Crippen molar-refractivity contribution >= 4 is 0 Å². The second kappa shape index (κ2) is 2.80. The van der Waals surface area contributed by atoms with Crippen molar-refractivity contribution in [2.24, 2.45) is 29.6 Å². The molecule has 0 amide bonds. The van der Waals surface area contributed by atoms with Crippen LogP contribution < -0.4 is 0 Å². The van der Waals surface area contributed by atoms with Gasteiger partial charge in [0.15, 0.2) is 0 Å². The van der Waals surface area contributed by atoms with Gasteiger partial charge in [0.05, 0.1) is 11.7 Å². The molecule has 86 valence electrons. The Morgan fingerprint density at radius 3 is 2.38 bits per heavy atom. The van der Waals surface area contributed by atoms with E-state index < -0.39 is 5.60 Å². The zero-order chi connectivity index (χ0) is 10.9. The maximum Gasteiger partial charge on any atom is 0.0774 e. The predicted molar refractivity (Wildman–Crippen MR) is 60.5 cm³/mol. The number of hydrogen-bond acceptors (Lipinski definition) is 2. The summed E-state index contributed by atoms with van der Waals surface area (Å²) in [6.45, 7) is 0. The number of allylic oxidation sites excluding steroid dienone is 2. The minimum absolute atomic E-state index is 0.0856. The number of hydrogen-bond donors (Lipinski definition) is 2. The van der Waals surface area contributed by atoms with E-state index in [0.717, 1.165) is 19.3 Å². The van der Waals surface area contributed by atoms with Crippen molar-refractivity contribution in [3.8, 4) is 0 Å². The standard InChI is InChI=1S/C14H18O2/c15-13-10-3-2-9(6-10)12(13)14(16)7-8-1-4-11(14)5-8/h1-4,8-13,15-16H,5-7H2/t8-,9-,10-,11-,12-,13+,14+/m0/s1. The zero-order valence-corrected chi connectivity index (χ0v) is 9.29. The molecular formula is C14H18O2. The predicted octanol–water partition coefficient (Wildman–Crippen LogP) is 1.50. The molecule has 2 fully saturated rings. The fourth-order valence-corrected chi connectivity index (χ4v) is 4.71. The van der Waals surface area contributed by atoms with Crippen molar-refractivity contribution in [1.82, 2.24) is 0 Å². The molecule has 0 aromatic heterocycles. The van der Waals surface area contributed by atoms with Crippen LogP contribution in [0.4, 0.5) is 0 Å². The molecule has 0 unspecified atom stereocenters. The molecule has 4 rings (SSSR count). The molecule has 16 heavy (non-hydrogen) atoms. The van der Waals surface area contributed by atoms with Gasteiger partial charge in [-0.1, -0.05) is 24.3 Å². The summed E-state index contributed by atoms with van der Waals surface area (Å²) < 4.78 is 0. The Balaban J connectivity index is 1.71. The van der Waals surface area contributed by atoms with Gasteiger partial charge in [0.2, 0.25) is 0 Å². The van der Waals surface area contributed by atoms with E-state index in [1.807, 2.05) is 0 Å². The van der Waals surface area contributed by atoms with Crippen molar-refractivity contribution in [2.45, 2.75) is 31.0 Å². The Morgan fingerprint density at radius 1 is 1.00 bits per heavy atom. The second-order valence-electron chi connectivity index (χ2n) is 6.15. The second-order valence-corrected chi connectivity index (χ2v) is 6.15. The molecule has 0 aliphatic heterocycles. The topological polar surface area (TPSA) is 40.5 Å². The van der Waals surface area contributed by atoms with E-state index >= 15 is 0 Å². The highest BCUT2D eigenvalue weighted by atomic mass is 16.3. The Morgan fingerprint density at radius 2 is 1.81 bits per heavy atom. The Hall–Kier alpha value is -0.600. The van der Waals surface area contributed by atoms with Gasteiger partial charge in [-0.2, -0.15) is 0 Å². The third kappa shape index (κ3) is 0.957. The monoisotopic (exact) mass is 218 g/mol. The van der Waals surface area contributed by atoms with Gasteiger partial charge >= 0.3 is 0 Å². The van der Waals surface area contributed by atoms with E-state index in [9.17, 15) is 10.2 Å².